The summed E-state index contributed by atoms with van der Waals surface area (Å²) in [4.78, 5) is 24.7. The van der Waals surface area contributed by atoms with Gasteiger partial charge in [-0.3, -0.25) is 4.79 Å². The van der Waals surface area contributed by atoms with Crippen molar-refractivity contribution in [2.45, 2.75) is 6.54 Å². The van der Waals surface area contributed by atoms with Crippen LogP contribution < -0.4 is 0 Å². The highest BCUT2D eigenvalue weighted by molar-refractivity contribution is 7.11. The number of aromatic amines is 1. The number of hydrogen-bond donors (Lipinski definition) is 2. The topological polar surface area (TPSA) is 99.2 Å². The Bertz CT molecular complexity index is 633. The lowest BCUT2D eigenvalue weighted by atomic mass is 10.2. The first-order valence-corrected chi connectivity index (χ1v) is 6.54. The summed E-state index contributed by atoms with van der Waals surface area (Å²) >= 11 is 1.42. The highest BCUT2D eigenvalue weighted by Crippen LogP contribution is 2.18. The number of rotatable bonds is 5. The van der Waals surface area contributed by atoms with Crippen LogP contribution in [0.5, 0.6) is 0 Å². The van der Waals surface area contributed by atoms with Crippen LogP contribution in [-0.2, 0) is 11.3 Å². The van der Waals surface area contributed by atoms with Gasteiger partial charge in [-0.2, -0.15) is 15.4 Å². The number of carbonyl (C=O) groups excluding carboxylic acids is 1. The fourth-order valence-electron chi connectivity index (χ4n) is 1.56. The van der Waals surface area contributed by atoms with Crippen molar-refractivity contribution >= 4 is 29.3 Å². The fourth-order valence-corrected chi connectivity index (χ4v) is 2.36. The van der Waals surface area contributed by atoms with E-state index < -0.39 is 5.97 Å². The summed E-state index contributed by atoms with van der Waals surface area (Å²) in [5.74, 6) is -1.22. The first-order chi connectivity index (χ1) is 9.56. The molecule has 0 atom stereocenters. The molecule has 0 aliphatic heterocycles. The summed E-state index contributed by atoms with van der Waals surface area (Å²) < 4.78 is 0. The van der Waals surface area contributed by atoms with Crippen LogP contribution in [0, 0.1) is 0 Å². The third kappa shape index (κ3) is 3.51. The van der Waals surface area contributed by atoms with E-state index in [2.05, 4.69) is 15.4 Å². The number of carbonyl (C=O) groups is 2. The summed E-state index contributed by atoms with van der Waals surface area (Å²) in [6.07, 6.45) is 3.98. The van der Waals surface area contributed by atoms with E-state index in [1.54, 1.807) is 7.05 Å². The Balaban J connectivity index is 2.00. The second-order valence-corrected chi connectivity index (χ2v) is 4.99. The van der Waals surface area contributed by atoms with Gasteiger partial charge in [0.25, 0.3) is 5.91 Å². The Kier molecular flexibility index (Phi) is 4.26. The average Bonchev–Trinajstić information content (AvgIpc) is 3.06. The zero-order valence-electron chi connectivity index (χ0n) is 10.6. The standard InChI is InChI=1S/C12H12N4O3S/c1-16(12(19)10-5-13-15-14-10)6-8-4-9(20-7-8)2-3-11(17)18/h2-5,7H,6H2,1H3,(H,17,18)(H,13,14,15)/b3-2+. The van der Waals surface area contributed by atoms with Gasteiger partial charge in [-0.1, -0.05) is 0 Å². The monoisotopic (exact) mass is 292 g/mol. The molecule has 0 unspecified atom stereocenters. The van der Waals surface area contributed by atoms with E-state index in [0.717, 1.165) is 16.5 Å². The number of thiophene rings is 1. The van der Waals surface area contributed by atoms with Crippen molar-refractivity contribution in [3.63, 3.8) is 0 Å². The van der Waals surface area contributed by atoms with Gasteiger partial charge in [0.15, 0.2) is 5.69 Å². The largest absolute Gasteiger partial charge is 0.478 e. The summed E-state index contributed by atoms with van der Waals surface area (Å²) in [6, 6.07) is 1.84. The molecule has 0 saturated heterocycles. The van der Waals surface area contributed by atoms with Crippen LogP contribution in [0.4, 0.5) is 0 Å². The smallest absolute Gasteiger partial charge is 0.328 e. The van der Waals surface area contributed by atoms with E-state index >= 15 is 0 Å². The number of aromatic nitrogens is 3. The Morgan fingerprint density at radius 1 is 1.55 bits per heavy atom. The zero-order chi connectivity index (χ0) is 14.5. The second kappa shape index (κ2) is 6.11. The third-order valence-corrected chi connectivity index (χ3v) is 3.41. The van der Waals surface area contributed by atoms with Crippen molar-refractivity contribution in [2.75, 3.05) is 7.05 Å². The van der Waals surface area contributed by atoms with Gasteiger partial charge < -0.3 is 10.0 Å². The molecule has 7 nitrogen and oxygen atoms in total. The molecule has 20 heavy (non-hydrogen) atoms. The van der Waals surface area contributed by atoms with Gasteiger partial charge >= 0.3 is 5.97 Å². The summed E-state index contributed by atoms with van der Waals surface area (Å²) in [5.41, 5.74) is 1.19. The number of carboxylic acid groups (broad SMARTS) is 1. The molecule has 0 aliphatic carbocycles. The number of hydrogen-bond acceptors (Lipinski definition) is 5. The van der Waals surface area contributed by atoms with Crippen LogP contribution in [0.3, 0.4) is 0 Å². The lowest BCUT2D eigenvalue weighted by Gasteiger charge is -2.14. The number of nitrogens with zero attached hydrogens (tertiary/aromatic N) is 3. The fraction of sp³-hybridized carbons (Fsp3) is 0.167. The molecule has 0 bridgehead atoms. The number of nitrogens with one attached hydrogen (secondary N) is 1. The predicted molar refractivity (Wildman–Crippen MR) is 73.2 cm³/mol. The molecular weight excluding hydrogens is 280 g/mol. The normalized spacial score (nSPS) is 10.8. The molecule has 2 rings (SSSR count). The lowest BCUT2D eigenvalue weighted by molar-refractivity contribution is -0.131. The quantitative estimate of drug-likeness (QED) is 0.808. The Morgan fingerprint density at radius 2 is 2.35 bits per heavy atom. The lowest BCUT2D eigenvalue weighted by Crippen LogP contribution is -2.26. The SMILES string of the molecule is CN(Cc1csc(/C=C/C(=O)O)c1)C(=O)c1cn[nH]n1. The maximum atomic E-state index is 11.9. The zero-order valence-corrected chi connectivity index (χ0v) is 11.4. The minimum atomic E-state index is -0.988. The molecule has 0 saturated carbocycles. The summed E-state index contributed by atoms with van der Waals surface area (Å²) in [7, 11) is 1.67. The molecule has 1 amide bonds. The minimum Gasteiger partial charge on any atom is -0.478 e. The Hall–Kier alpha value is -2.48. The van der Waals surface area contributed by atoms with Crippen molar-refractivity contribution < 1.29 is 14.7 Å². The Morgan fingerprint density at radius 3 is 3.00 bits per heavy atom. The number of aliphatic carboxylic acids is 1. The highest BCUT2D eigenvalue weighted by Gasteiger charge is 2.14. The number of amides is 1. The van der Waals surface area contributed by atoms with Crippen molar-refractivity contribution in [3.05, 3.63) is 39.9 Å². The van der Waals surface area contributed by atoms with Crippen LogP contribution in [0.25, 0.3) is 6.08 Å². The molecule has 0 radical (unpaired) electrons. The van der Waals surface area contributed by atoms with Gasteiger partial charge in [-0.05, 0) is 23.1 Å². The van der Waals surface area contributed by atoms with Crippen molar-refractivity contribution in [2.24, 2.45) is 0 Å². The van der Waals surface area contributed by atoms with Gasteiger partial charge in [0, 0.05) is 24.5 Å². The molecule has 0 fully saturated rings. The van der Waals surface area contributed by atoms with E-state index in [9.17, 15) is 9.59 Å². The van der Waals surface area contributed by atoms with Gasteiger partial charge in [0.1, 0.15) is 0 Å². The van der Waals surface area contributed by atoms with Crippen LogP contribution >= 0.6 is 11.3 Å². The number of carboxylic acids is 1. The van der Waals surface area contributed by atoms with Crippen molar-refractivity contribution in [1.29, 1.82) is 0 Å². The molecule has 2 N–H and O–H groups in total. The second-order valence-electron chi connectivity index (χ2n) is 4.05. The van der Waals surface area contributed by atoms with Crippen LogP contribution in [0.1, 0.15) is 20.9 Å². The highest BCUT2D eigenvalue weighted by atomic mass is 32.1. The van der Waals surface area contributed by atoms with E-state index in [1.807, 2.05) is 11.4 Å². The first-order valence-electron chi connectivity index (χ1n) is 5.66. The van der Waals surface area contributed by atoms with Gasteiger partial charge in [-0.25, -0.2) is 4.79 Å². The molecule has 104 valence electrons. The van der Waals surface area contributed by atoms with Crippen LogP contribution in [-0.4, -0.2) is 44.3 Å². The van der Waals surface area contributed by atoms with Gasteiger partial charge in [0.05, 0.1) is 6.20 Å². The molecule has 2 aromatic rings. The van der Waals surface area contributed by atoms with Gasteiger partial charge in [0.2, 0.25) is 0 Å². The first kappa shape index (κ1) is 13.9. The molecule has 0 aromatic carbocycles. The summed E-state index contributed by atoms with van der Waals surface area (Å²) in [5, 5.41) is 20.2. The maximum absolute atomic E-state index is 11.9. The minimum absolute atomic E-state index is 0.229. The molecule has 2 aromatic heterocycles. The third-order valence-electron chi connectivity index (χ3n) is 2.46. The van der Waals surface area contributed by atoms with E-state index in [1.165, 1.54) is 28.5 Å². The molecule has 8 heteroatoms. The van der Waals surface area contributed by atoms with Crippen LogP contribution in [0.15, 0.2) is 23.7 Å². The van der Waals surface area contributed by atoms with Crippen LogP contribution in [0.2, 0.25) is 0 Å². The molecular formula is C12H12N4O3S. The maximum Gasteiger partial charge on any atom is 0.328 e. The molecule has 2 heterocycles. The molecule has 0 spiro atoms. The van der Waals surface area contributed by atoms with Gasteiger partial charge in [-0.15, -0.1) is 11.3 Å². The van der Waals surface area contributed by atoms with Crippen molar-refractivity contribution in [3.8, 4) is 0 Å². The van der Waals surface area contributed by atoms with E-state index in [4.69, 9.17) is 5.11 Å². The number of H-pyrrole nitrogens is 1. The predicted octanol–water partition coefficient (Wildman–Crippen LogP) is 1.24. The molecule has 0 aliphatic rings. The summed E-state index contributed by atoms with van der Waals surface area (Å²) in [6.45, 7) is 0.420. The van der Waals surface area contributed by atoms with E-state index in [0.29, 0.717) is 6.54 Å². The Labute approximate surface area is 118 Å². The van der Waals surface area contributed by atoms with Crippen molar-refractivity contribution in [1.82, 2.24) is 20.3 Å². The van der Waals surface area contributed by atoms with E-state index in [-0.39, 0.29) is 11.6 Å². The average molecular weight is 292 g/mol.